The molecule has 1 rings (SSSR count). The van der Waals surface area contributed by atoms with E-state index in [0.29, 0.717) is 6.54 Å². The van der Waals surface area contributed by atoms with Crippen LogP contribution in [0.5, 0.6) is 5.75 Å². The second-order valence-electron chi connectivity index (χ2n) is 5.05. The summed E-state index contributed by atoms with van der Waals surface area (Å²) in [6.07, 6.45) is 0.861. The minimum absolute atomic E-state index is 0.196. The van der Waals surface area contributed by atoms with Crippen LogP contribution in [0.2, 0.25) is 0 Å². The molecule has 0 bridgehead atoms. The standard InChI is InChI=1S/C14H23NO/c1-10-6-7-11(2)13(12(10)3)16-14(4,5)8-9-15/h6-7H,8-9,15H2,1-5H3. The molecular formula is C14H23NO. The molecule has 0 unspecified atom stereocenters. The summed E-state index contributed by atoms with van der Waals surface area (Å²) in [7, 11) is 0. The van der Waals surface area contributed by atoms with Crippen LogP contribution in [-0.2, 0) is 0 Å². The Labute approximate surface area is 98.8 Å². The number of benzene rings is 1. The van der Waals surface area contributed by atoms with Crippen LogP contribution >= 0.6 is 0 Å². The average Bonchev–Trinajstić information content (AvgIpc) is 2.19. The molecule has 1 aromatic carbocycles. The van der Waals surface area contributed by atoms with Gasteiger partial charge in [0.15, 0.2) is 0 Å². The van der Waals surface area contributed by atoms with Crippen LogP contribution in [-0.4, -0.2) is 12.1 Å². The molecule has 2 N–H and O–H groups in total. The van der Waals surface area contributed by atoms with Gasteiger partial charge in [-0.3, -0.25) is 0 Å². The van der Waals surface area contributed by atoms with Crippen molar-refractivity contribution in [2.45, 2.75) is 46.6 Å². The lowest BCUT2D eigenvalue weighted by Crippen LogP contribution is -2.31. The van der Waals surface area contributed by atoms with Crippen molar-refractivity contribution < 1.29 is 4.74 Å². The van der Waals surface area contributed by atoms with Crippen LogP contribution in [0.4, 0.5) is 0 Å². The van der Waals surface area contributed by atoms with Gasteiger partial charge in [0.25, 0.3) is 0 Å². The second-order valence-corrected chi connectivity index (χ2v) is 5.05. The van der Waals surface area contributed by atoms with Crippen molar-refractivity contribution in [1.29, 1.82) is 0 Å². The summed E-state index contributed by atoms with van der Waals surface area (Å²) in [5.41, 5.74) is 9.08. The molecule has 0 aliphatic carbocycles. The Morgan fingerprint density at radius 3 is 2.25 bits per heavy atom. The van der Waals surface area contributed by atoms with Gasteiger partial charge in [0, 0.05) is 0 Å². The summed E-state index contributed by atoms with van der Waals surface area (Å²) in [6, 6.07) is 4.24. The number of ether oxygens (including phenoxy) is 1. The molecule has 2 heteroatoms. The maximum Gasteiger partial charge on any atom is 0.126 e. The van der Waals surface area contributed by atoms with Crippen molar-refractivity contribution >= 4 is 0 Å². The number of nitrogens with two attached hydrogens (primary N) is 1. The number of aryl methyl sites for hydroxylation is 2. The van der Waals surface area contributed by atoms with Gasteiger partial charge < -0.3 is 10.5 Å². The summed E-state index contributed by atoms with van der Waals surface area (Å²) < 4.78 is 6.10. The van der Waals surface area contributed by atoms with Crippen LogP contribution in [0.25, 0.3) is 0 Å². The summed E-state index contributed by atoms with van der Waals surface area (Å²) in [4.78, 5) is 0. The van der Waals surface area contributed by atoms with E-state index >= 15 is 0 Å². The topological polar surface area (TPSA) is 35.2 Å². The van der Waals surface area contributed by atoms with Gasteiger partial charge in [-0.2, -0.15) is 0 Å². The predicted molar refractivity (Wildman–Crippen MR) is 69.0 cm³/mol. The Kier molecular flexibility index (Phi) is 3.98. The molecular weight excluding hydrogens is 198 g/mol. The van der Waals surface area contributed by atoms with Gasteiger partial charge >= 0.3 is 0 Å². The lowest BCUT2D eigenvalue weighted by Gasteiger charge is -2.28. The lowest BCUT2D eigenvalue weighted by molar-refractivity contribution is 0.100. The van der Waals surface area contributed by atoms with Gasteiger partial charge in [-0.25, -0.2) is 0 Å². The minimum atomic E-state index is -0.196. The monoisotopic (exact) mass is 221 g/mol. The Morgan fingerprint density at radius 2 is 1.69 bits per heavy atom. The van der Waals surface area contributed by atoms with Crippen molar-refractivity contribution in [3.63, 3.8) is 0 Å². The number of rotatable bonds is 4. The van der Waals surface area contributed by atoms with E-state index in [2.05, 4.69) is 46.8 Å². The molecule has 0 atom stereocenters. The molecule has 0 aliphatic rings. The smallest absolute Gasteiger partial charge is 0.126 e. The van der Waals surface area contributed by atoms with Gasteiger partial charge in [0.1, 0.15) is 11.4 Å². The van der Waals surface area contributed by atoms with Gasteiger partial charge in [-0.05, 0) is 64.3 Å². The Balaban J connectivity index is 3.01. The van der Waals surface area contributed by atoms with Gasteiger partial charge in [0.05, 0.1) is 0 Å². The number of hydrogen-bond donors (Lipinski definition) is 1. The lowest BCUT2D eigenvalue weighted by atomic mass is 10.0. The van der Waals surface area contributed by atoms with Crippen LogP contribution in [0.1, 0.15) is 37.0 Å². The first-order valence-corrected chi connectivity index (χ1v) is 5.83. The van der Waals surface area contributed by atoms with Crippen molar-refractivity contribution in [3.8, 4) is 5.75 Å². The zero-order valence-corrected chi connectivity index (χ0v) is 11.1. The van der Waals surface area contributed by atoms with E-state index in [1.165, 1.54) is 16.7 Å². The van der Waals surface area contributed by atoms with Crippen LogP contribution in [0, 0.1) is 20.8 Å². The molecule has 0 fully saturated rings. The highest BCUT2D eigenvalue weighted by atomic mass is 16.5. The highest BCUT2D eigenvalue weighted by molar-refractivity contribution is 5.44. The van der Waals surface area contributed by atoms with Crippen molar-refractivity contribution in [3.05, 3.63) is 28.8 Å². The van der Waals surface area contributed by atoms with Gasteiger partial charge in [-0.1, -0.05) is 12.1 Å². The molecule has 0 aliphatic heterocycles. The van der Waals surface area contributed by atoms with E-state index in [9.17, 15) is 0 Å². The first-order valence-electron chi connectivity index (χ1n) is 5.83. The van der Waals surface area contributed by atoms with E-state index in [-0.39, 0.29) is 5.60 Å². The van der Waals surface area contributed by atoms with E-state index in [4.69, 9.17) is 10.5 Å². The first-order chi connectivity index (χ1) is 7.37. The van der Waals surface area contributed by atoms with Gasteiger partial charge in [0.2, 0.25) is 0 Å². The molecule has 1 aromatic rings. The molecule has 16 heavy (non-hydrogen) atoms. The third kappa shape index (κ3) is 2.99. The normalized spacial score (nSPS) is 11.6. The van der Waals surface area contributed by atoms with Crippen molar-refractivity contribution in [2.24, 2.45) is 5.73 Å². The van der Waals surface area contributed by atoms with Crippen molar-refractivity contribution in [1.82, 2.24) is 0 Å². The Hall–Kier alpha value is -1.02. The summed E-state index contributed by atoms with van der Waals surface area (Å²) in [6.45, 7) is 11.1. The van der Waals surface area contributed by atoms with Crippen LogP contribution in [0.15, 0.2) is 12.1 Å². The molecule has 0 heterocycles. The Morgan fingerprint density at radius 1 is 1.12 bits per heavy atom. The summed E-state index contributed by atoms with van der Waals surface area (Å²) in [5.74, 6) is 1.01. The highest BCUT2D eigenvalue weighted by Crippen LogP contribution is 2.30. The van der Waals surface area contributed by atoms with Gasteiger partial charge in [-0.15, -0.1) is 0 Å². The number of hydrogen-bond acceptors (Lipinski definition) is 2. The molecule has 0 radical (unpaired) electrons. The molecule has 0 aromatic heterocycles. The fourth-order valence-corrected chi connectivity index (χ4v) is 1.76. The minimum Gasteiger partial charge on any atom is -0.487 e. The SMILES string of the molecule is Cc1ccc(C)c(OC(C)(C)CCN)c1C. The molecule has 0 saturated carbocycles. The van der Waals surface area contributed by atoms with Crippen LogP contribution in [0.3, 0.4) is 0 Å². The second kappa shape index (κ2) is 4.88. The summed E-state index contributed by atoms with van der Waals surface area (Å²) >= 11 is 0. The highest BCUT2D eigenvalue weighted by Gasteiger charge is 2.21. The molecule has 90 valence electrons. The quantitative estimate of drug-likeness (QED) is 0.848. The first kappa shape index (κ1) is 13.0. The van der Waals surface area contributed by atoms with E-state index in [1.807, 2.05) is 0 Å². The Bertz CT molecular complexity index is 369. The predicted octanol–water partition coefficient (Wildman–Crippen LogP) is 3.12. The molecule has 2 nitrogen and oxygen atoms in total. The fourth-order valence-electron chi connectivity index (χ4n) is 1.76. The zero-order valence-electron chi connectivity index (χ0n) is 11.1. The average molecular weight is 221 g/mol. The van der Waals surface area contributed by atoms with E-state index in [0.717, 1.165) is 12.2 Å². The van der Waals surface area contributed by atoms with Crippen LogP contribution < -0.4 is 10.5 Å². The maximum absolute atomic E-state index is 6.10. The zero-order chi connectivity index (χ0) is 12.3. The molecule has 0 saturated heterocycles. The molecule has 0 spiro atoms. The van der Waals surface area contributed by atoms with E-state index < -0.39 is 0 Å². The van der Waals surface area contributed by atoms with E-state index in [1.54, 1.807) is 0 Å². The maximum atomic E-state index is 6.10. The largest absolute Gasteiger partial charge is 0.487 e. The fraction of sp³-hybridized carbons (Fsp3) is 0.571. The third-order valence-electron chi connectivity index (χ3n) is 3.00. The molecule has 0 amide bonds. The summed E-state index contributed by atoms with van der Waals surface area (Å²) in [5, 5.41) is 0. The van der Waals surface area contributed by atoms with Crippen molar-refractivity contribution in [2.75, 3.05) is 6.54 Å². The third-order valence-corrected chi connectivity index (χ3v) is 3.00.